The molecule has 0 saturated carbocycles. The average Bonchev–Trinajstić information content (AvgIpc) is 3.50. The zero-order chi connectivity index (χ0) is 25.1. The summed E-state index contributed by atoms with van der Waals surface area (Å²) in [7, 11) is 0. The van der Waals surface area contributed by atoms with Crippen molar-refractivity contribution in [1.29, 1.82) is 0 Å². The third-order valence-electron chi connectivity index (χ3n) is 6.09. The Labute approximate surface area is 214 Å². The van der Waals surface area contributed by atoms with E-state index in [0.29, 0.717) is 10.9 Å². The Morgan fingerprint density at radius 3 is 2.69 bits per heavy atom. The van der Waals surface area contributed by atoms with E-state index in [1.165, 1.54) is 11.3 Å². The van der Waals surface area contributed by atoms with E-state index in [1.54, 1.807) is 0 Å². The summed E-state index contributed by atoms with van der Waals surface area (Å²) >= 11 is 1.50. The quantitative estimate of drug-likeness (QED) is 0.356. The van der Waals surface area contributed by atoms with Crippen molar-refractivity contribution >= 4 is 40.0 Å². The van der Waals surface area contributed by atoms with Crippen molar-refractivity contribution in [2.75, 3.05) is 23.3 Å². The van der Waals surface area contributed by atoms with Crippen LogP contribution in [0.3, 0.4) is 0 Å². The Bertz CT molecular complexity index is 1330. The fourth-order valence-electron chi connectivity index (χ4n) is 4.21. The second-order valence-electron chi connectivity index (χ2n) is 9.06. The molecule has 0 spiro atoms. The van der Waals surface area contributed by atoms with Crippen LogP contribution in [-0.2, 0) is 11.2 Å². The second kappa shape index (κ2) is 10.5. The van der Waals surface area contributed by atoms with Crippen molar-refractivity contribution in [3.63, 3.8) is 0 Å². The predicted octanol–water partition coefficient (Wildman–Crippen LogP) is 5.44. The van der Waals surface area contributed by atoms with Crippen molar-refractivity contribution in [3.05, 3.63) is 53.8 Å². The molecule has 4 heterocycles. The minimum absolute atomic E-state index is 0.121. The summed E-state index contributed by atoms with van der Waals surface area (Å²) < 4.78 is 13.4. The Morgan fingerprint density at radius 1 is 1.19 bits per heavy atom. The molecule has 0 bridgehead atoms. The summed E-state index contributed by atoms with van der Waals surface area (Å²) in [5.74, 6) is 1.60. The minimum Gasteiger partial charge on any atom is -0.467 e. The maximum atomic E-state index is 11.9. The Morgan fingerprint density at radius 2 is 1.97 bits per heavy atom. The first-order chi connectivity index (χ1) is 17.5. The van der Waals surface area contributed by atoms with Crippen LogP contribution in [0.2, 0.25) is 0 Å². The number of piperidine rings is 1. The smallest absolute Gasteiger partial charge is 0.411 e. The van der Waals surface area contributed by atoms with E-state index in [-0.39, 0.29) is 12.2 Å². The number of nitrogens with zero attached hydrogens (tertiary/aromatic N) is 5. The molecular formula is C26H30N6O3S. The normalized spacial score (nSPS) is 14.4. The van der Waals surface area contributed by atoms with E-state index in [0.717, 1.165) is 60.6 Å². The van der Waals surface area contributed by atoms with E-state index in [9.17, 15) is 4.79 Å². The van der Waals surface area contributed by atoms with Crippen LogP contribution in [0.5, 0.6) is 5.19 Å². The van der Waals surface area contributed by atoms with Gasteiger partial charge in [-0.1, -0.05) is 18.3 Å². The van der Waals surface area contributed by atoms with Crippen molar-refractivity contribution in [2.45, 2.75) is 52.2 Å². The number of thiazole rings is 1. The maximum Gasteiger partial charge on any atom is 0.411 e. The molecule has 9 nitrogen and oxygen atoms in total. The van der Waals surface area contributed by atoms with E-state index < -0.39 is 6.09 Å². The van der Waals surface area contributed by atoms with E-state index >= 15 is 0 Å². The number of aromatic nitrogens is 4. The maximum absolute atomic E-state index is 11.9. The van der Waals surface area contributed by atoms with Gasteiger partial charge in [-0.3, -0.25) is 5.32 Å². The summed E-state index contributed by atoms with van der Waals surface area (Å²) in [4.78, 5) is 27.8. The Kier molecular flexibility index (Phi) is 7.04. The SMILES string of the molecule is CCc1cnc(N2CCC(Oc3nc(-n4ccc5cc(NC(=O)OC(C)C)ccc54)cs3)CC2)nc1. The Hall–Kier alpha value is -3.66. The lowest BCUT2D eigenvalue weighted by Crippen LogP contribution is -2.39. The molecule has 10 heteroatoms. The van der Waals surface area contributed by atoms with E-state index in [2.05, 4.69) is 27.1 Å². The number of fused-ring (bicyclic) bond motifs is 1. The Balaban J connectivity index is 1.20. The van der Waals surface area contributed by atoms with Crippen LogP contribution in [0.4, 0.5) is 16.4 Å². The fraction of sp³-hybridized carbons (Fsp3) is 0.385. The molecule has 4 aromatic rings. The van der Waals surface area contributed by atoms with Gasteiger partial charge >= 0.3 is 6.09 Å². The standard InChI is InChI=1S/C26H30N6O3S/c1-4-18-14-27-24(28-15-18)31-10-8-21(9-11-31)35-26-30-23(16-36-26)32-12-7-19-13-20(5-6-22(19)32)29-25(33)34-17(2)3/h5-7,12-17,21H,4,8-11H2,1-3H3,(H,29,33). The summed E-state index contributed by atoms with van der Waals surface area (Å²) in [5.41, 5.74) is 2.83. The third-order valence-corrected chi connectivity index (χ3v) is 6.81. The van der Waals surface area contributed by atoms with Gasteiger partial charge in [-0.25, -0.2) is 14.8 Å². The van der Waals surface area contributed by atoms with Gasteiger partial charge in [0.2, 0.25) is 5.95 Å². The predicted molar refractivity (Wildman–Crippen MR) is 141 cm³/mol. The topological polar surface area (TPSA) is 94.4 Å². The second-order valence-corrected chi connectivity index (χ2v) is 9.88. The number of hydrogen-bond acceptors (Lipinski definition) is 8. The molecule has 1 aromatic carbocycles. The van der Waals surface area contributed by atoms with Crippen LogP contribution in [0.15, 0.2) is 48.2 Å². The molecule has 1 aliphatic rings. The van der Waals surface area contributed by atoms with Crippen molar-refractivity contribution in [3.8, 4) is 11.0 Å². The van der Waals surface area contributed by atoms with Gasteiger partial charge in [-0.2, -0.15) is 4.98 Å². The van der Waals surface area contributed by atoms with Gasteiger partial charge in [-0.05, 0) is 50.1 Å². The van der Waals surface area contributed by atoms with Gasteiger partial charge in [0.05, 0.1) is 11.6 Å². The summed E-state index contributed by atoms with van der Waals surface area (Å²) in [5, 5.41) is 6.43. The zero-order valence-electron chi connectivity index (χ0n) is 20.7. The number of hydrogen-bond donors (Lipinski definition) is 1. The first-order valence-electron chi connectivity index (χ1n) is 12.3. The molecule has 36 heavy (non-hydrogen) atoms. The molecular weight excluding hydrogens is 476 g/mol. The highest BCUT2D eigenvalue weighted by atomic mass is 32.1. The third kappa shape index (κ3) is 5.43. The fourth-order valence-corrected chi connectivity index (χ4v) is 4.92. The number of carbonyl (C=O) groups is 1. The van der Waals surface area contributed by atoms with Crippen molar-refractivity contribution in [2.24, 2.45) is 0 Å². The molecule has 188 valence electrons. The number of nitrogens with one attached hydrogen (secondary N) is 1. The van der Waals surface area contributed by atoms with Crippen LogP contribution < -0.4 is 15.0 Å². The molecule has 0 aliphatic carbocycles. The van der Waals surface area contributed by atoms with Crippen LogP contribution >= 0.6 is 11.3 Å². The summed E-state index contributed by atoms with van der Waals surface area (Å²) in [6.07, 6.45) is 8.02. The molecule has 0 unspecified atom stereocenters. The van der Waals surface area contributed by atoms with Gasteiger partial charge < -0.3 is 18.9 Å². The molecule has 1 saturated heterocycles. The van der Waals surface area contributed by atoms with Gasteiger partial charge in [0, 0.05) is 61.0 Å². The largest absolute Gasteiger partial charge is 0.467 e. The van der Waals surface area contributed by atoms with Crippen LogP contribution in [-0.4, -0.2) is 50.9 Å². The monoisotopic (exact) mass is 506 g/mol. The number of aryl methyl sites for hydroxylation is 1. The molecule has 1 fully saturated rings. The highest BCUT2D eigenvalue weighted by molar-refractivity contribution is 7.11. The molecule has 1 amide bonds. The van der Waals surface area contributed by atoms with Gasteiger partial charge in [-0.15, -0.1) is 0 Å². The number of amides is 1. The number of anilines is 2. The highest BCUT2D eigenvalue weighted by Gasteiger charge is 2.23. The van der Waals surface area contributed by atoms with E-state index in [4.69, 9.17) is 14.5 Å². The molecule has 1 aliphatic heterocycles. The number of rotatable bonds is 7. The van der Waals surface area contributed by atoms with Gasteiger partial charge in [0.15, 0.2) is 5.82 Å². The lowest BCUT2D eigenvalue weighted by molar-refractivity contribution is 0.130. The van der Waals surface area contributed by atoms with Crippen LogP contribution in [0, 0.1) is 0 Å². The first kappa shape index (κ1) is 24.1. The average molecular weight is 507 g/mol. The lowest BCUT2D eigenvalue weighted by Gasteiger charge is -2.31. The van der Waals surface area contributed by atoms with Crippen molar-refractivity contribution < 1.29 is 14.3 Å². The van der Waals surface area contributed by atoms with Crippen molar-refractivity contribution in [1.82, 2.24) is 19.5 Å². The number of ether oxygens (including phenoxy) is 2. The zero-order valence-corrected chi connectivity index (χ0v) is 21.5. The van der Waals surface area contributed by atoms with Gasteiger partial charge in [0.25, 0.3) is 5.19 Å². The molecule has 0 radical (unpaired) electrons. The molecule has 5 rings (SSSR count). The van der Waals surface area contributed by atoms with Gasteiger partial charge in [0.1, 0.15) is 6.10 Å². The molecule has 0 atom stereocenters. The molecule has 3 aromatic heterocycles. The summed E-state index contributed by atoms with van der Waals surface area (Å²) in [6, 6.07) is 7.74. The van der Waals surface area contributed by atoms with Crippen LogP contribution in [0.25, 0.3) is 16.7 Å². The number of carbonyl (C=O) groups excluding carboxylic acids is 1. The number of benzene rings is 1. The first-order valence-corrected chi connectivity index (χ1v) is 13.1. The highest BCUT2D eigenvalue weighted by Crippen LogP contribution is 2.29. The van der Waals surface area contributed by atoms with E-state index in [1.807, 2.05) is 66.7 Å². The minimum atomic E-state index is -0.460. The van der Waals surface area contributed by atoms with Crippen LogP contribution in [0.1, 0.15) is 39.2 Å². The summed E-state index contributed by atoms with van der Waals surface area (Å²) in [6.45, 7) is 7.46. The molecule has 1 N–H and O–H groups in total. The lowest BCUT2D eigenvalue weighted by atomic mass is 10.1.